The van der Waals surface area contributed by atoms with Crippen LogP contribution < -0.4 is 5.73 Å². The van der Waals surface area contributed by atoms with E-state index >= 15 is 0 Å². The quantitative estimate of drug-likeness (QED) is 0.525. The van der Waals surface area contributed by atoms with Crippen molar-refractivity contribution in [1.82, 2.24) is 0 Å². The van der Waals surface area contributed by atoms with Gasteiger partial charge in [-0.3, -0.25) is 0 Å². The number of aliphatic hydroxyl groups excluding tert-OH is 1. The molecule has 0 radical (unpaired) electrons. The van der Waals surface area contributed by atoms with E-state index in [1.54, 1.807) is 13.8 Å². The van der Waals surface area contributed by atoms with Gasteiger partial charge in [-0.25, -0.2) is 0 Å². The van der Waals surface area contributed by atoms with E-state index in [0.717, 1.165) is 12.1 Å². The molecule has 0 saturated heterocycles. The number of hydrogen-bond acceptors (Lipinski definition) is 5. The van der Waals surface area contributed by atoms with Gasteiger partial charge in [0, 0.05) is 12.1 Å². The maximum Gasteiger partial charge on any atom is 0.127 e. The summed E-state index contributed by atoms with van der Waals surface area (Å²) in [5, 5.41) is 38.0. The van der Waals surface area contributed by atoms with Gasteiger partial charge < -0.3 is 26.2 Å². The van der Waals surface area contributed by atoms with Crippen LogP contribution in [0.3, 0.4) is 0 Å². The van der Waals surface area contributed by atoms with Gasteiger partial charge in [0.1, 0.15) is 17.2 Å². The van der Waals surface area contributed by atoms with Crippen LogP contribution in [-0.4, -0.2) is 26.5 Å². The summed E-state index contributed by atoms with van der Waals surface area (Å²) in [5.74, 6) is -1.03. The number of phenolic OH excluding ortho intramolecular Hbond substituents is 3. The highest BCUT2D eigenvalue weighted by molar-refractivity contribution is 5.50. The van der Waals surface area contributed by atoms with Gasteiger partial charge in [0.15, 0.2) is 0 Å². The van der Waals surface area contributed by atoms with Gasteiger partial charge in [-0.1, -0.05) is 13.8 Å². The number of nitrogens with two attached hydrogens (primary N) is 1. The molecule has 1 aromatic rings. The lowest BCUT2D eigenvalue weighted by molar-refractivity contribution is 0.0959. The molecule has 0 aliphatic carbocycles. The first-order valence-corrected chi connectivity index (χ1v) is 5.03. The van der Waals surface area contributed by atoms with Gasteiger partial charge >= 0.3 is 0 Å². The molecule has 0 spiro atoms. The van der Waals surface area contributed by atoms with Crippen LogP contribution >= 0.6 is 0 Å². The molecule has 5 nitrogen and oxygen atoms in total. The second-order valence-electron chi connectivity index (χ2n) is 4.16. The minimum atomic E-state index is -0.902. The third kappa shape index (κ3) is 2.37. The number of benzene rings is 1. The fraction of sp³-hybridized carbons (Fsp3) is 0.455. The van der Waals surface area contributed by atoms with Crippen LogP contribution in [-0.2, 0) is 0 Å². The fourth-order valence-electron chi connectivity index (χ4n) is 1.54. The van der Waals surface area contributed by atoms with Gasteiger partial charge in [-0.05, 0) is 5.92 Å². The smallest absolute Gasteiger partial charge is 0.127 e. The molecular weight excluding hydrogens is 210 g/mol. The Morgan fingerprint density at radius 3 is 1.88 bits per heavy atom. The summed E-state index contributed by atoms with van der Waals surface area (Å²) in [7, 11) is 0. The number of aromatic hydroxyl groups is 3. The molecule has 0 heterocycles. The minimum absolute atomic E-state index is 0.0407. The third-order valence-corrected chi connectivity index (χ3v) is 2.51. The zero-order valence-corrected chi connectivity index (χ0v) is 9.25. The van der Waals surface area contributed by atoms with Gasteiger partial charge in [0.2, 0.25) is 0 Å². The summed E-state index contributed by atoms with van der Waals surface area (Å²) in [5.41, 5.74) is 5.78. The minimum Gasteiger partial charge on any atom is -0.508 e. The maximum absolute atomic E-state index is 9.76. The summed E-state index contributed by atoms with van der Waals surface area (Å²) in [4.78, 5) is 0. The Hall–Kier alpha value is -1.46. The number of hydrogen-bond donors (Lipinski definition) is 5. The second kappa shape index (κ2) is 4.59. The van der Waals surface area contributed by atoms with Crippen LogP contribution in [0.4, 0.5) is 0 Å². The predicted octanol–water partition coefficient (Wildman–Crippen LogP) is 0.820. The zero-order valence-electron chi connectivity index (χ0n) is 9.25. The molecule has 6 N–H and O–H groups in total. The first-order valence-electron chi connectivity index (χ1n) is 5.03. The van der Waals surface area contributed by atoms with Crippen molar-refractivity contribution < 1.29 is 20.4 Å². The largest absolute Gasteiger partial charge is 0.508 e. The van der Waals surface area contributed by atoms with E-state index in [2.05, 4.69) is 0 Å². The van der Waals surface area contributed by atoms with Gasteiger partial charge in [-0.15, -0.1) is 0 Å². The van der Waals surface area contributed by atoms with Crippen molar-refractivity contribution in [2.24, 2.45) is 11.7 Å². The van der Waals surface area contributed by atoms with Crippen LogP contribution in [0.15, 0.2) is 12.1 Å². The Morgan fingerprint density at radius 1 is 1.06 bits per heavy atom. The van der Waals surface area contributed by atoms with Crippen LogP contribution in [0.2, 0.25) is 0 Å². The van der Waals surface area contributed by atoms with E-state index in [4.69, 9.17) is 10.8 Å². The Labute approximate surface area is 93.8 Å². The van der Waals surface area contributed by atoms with E-state index in [1.807, 2.05) is 0 Å². The Kier molecular flexibility index (Phi) is 3.62. The van der Waals surface area contributed by atoms with Crippen molar-refractivity contribution >= 4 is 0 Å². The standard InChI is InChI=1S/C11H17NO4/c1-5(2)11(16)10(12)9-7(14)3-6(13)4-8(9)15/h3-5,10-11,13-16H,12H2,1-2H3/t10-,11+/m1/s1. The van der Waals surface area contributed by atoms with Crippen LogP contribution in [0.5, 0.6) is 17.2 Å². The van der Waals surface area contributed by atoms with Gasteiger partial charge in [0.05, 0.1) is 17.7 Å². The third-order valence-electron chi connectivity index (χ3n) is 2.51. The molecule has 5 heteroatoms. The topological polar surface area (TPSA) is 107 Å². The summed E-state index contributed by atoms with van der Waals surface area (Å²) in [6.07, 6.45) is -0.888. The van der Waals surface area contributed by atoms with E-state index in [9.17, 15) is 15.3 Å². The van der Waals surface area contributed by atoms with Crippen molar-refractivity contribution in [3.8, 4) is 17.2 Å². The molecule has 0 bridgehead atoms. The summed E-state index contributed by atoms with van der Waals surface area (Å²) < 4.78 is 0. The molecule has 1 aromatic carbocycles. The van der Waals surface area contributed by atoms with E-state index < -0.39 is 12.1 Å². The molecule has 0 unspecified atom stereocenters. The first kappa shape index (κ1) is 12.6. The molecule has 2 atom stereocenters. The summed E-state index contributed by atoms with van der Waals surface area (Å²) in [6, 6.07) is 1.24. The molecule has 0 aliphatic heterocycles. The molecule has 90 valence electrons. The summed E-state index contributed by atoms with van der Waals surface area (Å²) in [6.45, 7) is 3.55. The zero-order chi connectivity index (χ0) is 12.5. The molecule has 1 rings (SSSR count). The highest BCUT2D eigenvalue weighted by atomic mass is 16.3. The molecule has 0 fully saturated rings. The highest BCUT2D eigenvalue weighted by Crippen LogP contribution is 2.37. The van der Waals surface area contributed by atoms with Gasteiger partial charge in [0.25, 0.3) is 0 Å². The molecule has 16 heavy (non-hydrogen) atoms. The number of phenols is 3. The Bertz CT molecular complexity index is 355. The molecule has 0 aromatic heterocycles. The number of rotatable bonds is 3. The average Bonchev–Trinajstić information content (AvgIpc) is 2.14. The monoisotopic (exact) mass is 227 g/mol. The summed E-state index contributed by atoms with van der Waals surface area (Å²) >= 11 is 0. The molecule has 0 saturated carbocycles. The number of aliphatic hydroxyl groups is 1. The van der Waals surface area contributed by atoms with Crippen LogP contribution in [0.25, 0.3) is 0 Å². The Morgan fingerprint density at radius 2 is 1.50 bits per heavy atom. The predicted molar refractivity (Wildman–Crippen MR) is 59.2 cm³/mol. The average molecular weight is 227 g/mol. The van der Waals surface area contributed by atoms with Crippen molar-refractivity contribution in [2.75, 3.05) is 0 Å². The van der Waals surface area contributed by atoms with Crippen LogP contribution in [0, 0.1) is 5.92 Å². The normalized spacial score (nSPS) is 15.1. The maximum atomic E-state index is 9.76. The fourth-order valence-corrected chi connectivity index (χ4v) is 1.54. The van der Waals surface area contributed by atoms with Crippen molar-refractivity contribution in [1.29, 1.82) is 0 Å². The Balaban J connectivity index is 3.13. The molecular formula is C11H17NO4. The van der Waals surface area contributed by atoms with E-state index in [-0.39, 0.29) is 28.7 Å². The molecule has 0 aliphatic rings. The van der Waals surface area contributed by atoms with E-state index in [0.29, 0.717) is 0 Å². The van der Waals surface area contributed by atoms with Gasteiger partial charge in [-0.2, -0.15) is 0 Å². The molecule has 0 amide bonds. The van der Waals surface area contributed by atoms with E-state index in [1.165, 1.54) is 0 Å². The van der Waals surface area contributed by atoms with Crippen LogP contribution in [0.1, 0.15) is 25.5 Å². The SMILES string of the molecule is CC(C)[C@H](O)[C@H](N)c1c(O)cc(O)cc1O. The van der Waals surface area contributed by atoms with Crippen molar-refractivity contribution in [3.05, 3.63) is 17.7 Å². The highest BCUT2D eigenvalue weighted by Gasteiger charge is 2.25. The lowest BCUT2D eigenvalue weighted by Crippen LogP contribution is -2.30. The van der Waals surface area contributed by atoms with Crippen molar-refractivity contribution in [3.63, 3.8) is 0 Å². The first-order chi connectivity index (χ1) is 7.34. The lowest BCUT2D eigenvalue weighted by atomic mass is 9.93. The second-order valence-corrected chi connectivity index (χ2v) is 4.16. The lowest BCUT2D eigenvalue weighted by Gasteiger charge is -2.23. The van der Waals surface area contributed by atoms with Crippen molar-refractivity contribution in [2.45, 2.75) is 26.0 Å².